The molecule has 86 valence electrons. The fraction of sp³-hybridized carbons (Fsp3) is 0. The molecule has 5 nitrogen and oxygen atoms in total. The molecule has 0 bridgehead atoms. The molecule has 0 unspecified atom stereocenters. The van der Waals surface area contributed by atoms with Crippen LogP contribution in [-0.2, 0) is 0 Å². The van der Waals surface area contributed by atoms with E-state index in [-0.39, 0.29) is 11.2 Å². The van der Waals surface area contributed by atoms with Gasteiger partial charge in [-0.15, -0.1) is 0 Å². The number of aromatic nitrogens is 4. The molecule has 1 aromatic carbocycles. The van der Waals surface area contributed by atoms with Crippen molar-refractivity contribution in [3.8, 4) is 0 Å². The van der Waals surface area contributed by atoms with Gasteiger partial charge in [0.05, 0.1) is 5.39 Å². The summed E-state index contributed by atoms with van der Waals surface area (Å²) in [6.07, 6.45) is 1.06. The fourth-order valence-electron chi connectivity index (χ4n) is 1.62. The topological polar surface area (TPSA) is 63.0 Å². The van der Waals surface area contributed by atoms with E-state index in [0.717, 1.165) is 10.8 Å². The predicted molar refractivity (Wildman–Crippen MR) is 51.0 cm³/mol. The van der Waals surface area contributed by atoms with Crippen molar-refractivity contribution in [1.82, 2.24) is 19.6 Å². The zero-order chi connectivity index (χ0) is 12.2. The molecule has 0 amide bonds. The summed E-state index contributed by atoms with van der Waals surface area (Å²) < 4.78 is 40.6. The standard InChI is InChI=1S/C9H3F3N4O/c10-4-1-3-7(6(12)5(4)11)16-9(13-2-14-16)15-8(3)17/h1-2H,(H,13,14,15,17). The first-order valence-electron chi connectivity index (χ1n) is 4.49. The Morgan fingerprint density at radius 1 is 1.24 bits per heavy atom. The molecule has 17 heavy (non-hydrogen) atoms. The molecule has 0 fully saturated rings. The summed E-state index contributed by atoms with van der Waals surface area (Å²) in [4.78, 5) is 17.4. The molecule has 8 heteroatoms. The average molecular weight is 240 g/mol. The lowest BCUT2D eigenvalue weighted by molar-refractivity contribution is 0.451. The lowest BCUT2D eigenvalue weighted by Crippen LogP contribution is -2.13. The summed E-state index contributed by atoms with van der Waals surface area (Å²) >= 11 is 0. The van der Waals surface area contributed by atoms with Crippen molar-refractivity contribution in [2.45, 2.75) is 0 Å². The molecule has 0 radical (unpaired) electrons. The Kier molecular flexibility index (Phi) is 1.77. The number of hydrogen-bond donors (Lipinski definition) is 1. The van der Waals surface area contributed by atoms with Crippen molar-refractivity contribution >= 4 is 16.7 Å². The quantitative estimate of drug-likeness (QED) is 0.596. The van der Waals surface area contributed by atoms with Gasteiger partial charge < -0.3 is 0 Å². The van der Waals surface area contributed by atoms with Gasteiger partial charge in [-0.05, 0) is 6.07 Å². The molecule has 3 rings (SSSR count). The van der Waals surface area contributed by atoms with Crippen LogP contribution < -0.4 is 5.56 Å². The van der Waals surface area contributed by atoms with Gasteiger partial charge in [0.1, 0.15) is 11.8 Å². The Bertz CT molecular complexity index is 807. The van der Waals surface area contributed by atoms with Crippen LogP contribution in [0.2, 0.25) is 0 Å². The maximum Gasteiger partial charge on any atom is 0.260 e. The number of benzene rings is 1. The molecule has 2 heterocycles. The zero-order valence-electron chi connectivity index (χ0n) is 8.04. The van der Waals surface area contributed by atoms with Crippen LogP contribution in [-0.4, -0.2) is 19.6 Å². The normalized spacial score (nSPS) is 11.5. The Hall–Kier alpha value is -2.38. The van der Waals surface area contributed by atoms with Crippen LogP contribution in [0.3, 0.4) is 0 Å². The lowest BCUT2D eigenvalue weighted by atomic mass is 10.2. The second kappa shape index (κ2) is 3.06. The molecule has 1 N–H and O–H groups in total. The van der Waals surface area contributed by atoms with Gasteiger partial charge in [0.25, 0.3) is 5.56 Å². The predicted octanol–water partition coefficient (Wildman–Crippen LogP) is 0.988. The molecule has 0 spiro atoms. The van der Waals surface area contributed by atoms with Gasteiger partial charge in [0.15, 0.2) is 17.5 Å². The molecular weight excluding hydrogens is 237 g/mol. The van der Waals surface area contributed by atoms with Crippen LogP contribution in [0.15, 0.2) is 17.2 Å². The molecule has 0 aliphatic carbocycles. The zero-order valence-corrected chi connectivity index (χ0v) is 8.04. The van der Waals surface area contributed by atoms with Crippen LogP contribution in [0.25, 0.3) is 16.7 Å². The molecule has 0 saturated heterocycles. The highest BCUT2D eigenvalue weighted by Gasteiger charge is 2.18. The number of fused-ring (bicyclic) bond motifs is 3. The smallest absolute Gasteiger partial charge is 0.260 e. The molecule has 0 saturated carbocycles. The van der Waals surface area contributed by atoms with E-state index < -0.39 is 28.5 Å². The van der Waals surface area contributed by atoms with Gasteiger partial charge in [-0.2, -0.15) is 14.6 Å². The average Bonchev–Trinajstić information content (AvgIpc) is 2.74. The van der Waals surface area contributed by atoms with Crippen LogP contribution in [0.5, 0.6) is 0 Å². The van der Waals surface area contributed by atoms with E-state index in [2.05, 4.69) is 15.1 Å². The largest absolute Gasteiger partial charge is 0.290 e. The van der Waals surface area contributed by atoms with Gasteiger partial charge in [0, 0.05) is 0 Å². The van der Waals surface area contributed by atoms with Gasteiger partial charge in [-0.3, -0.25) is 9.78 Å². The van der Waals surface area contributed by atoms with Gasteiger partial charge in [-0.25, -0.2) is 13.2 Å². The highest BCUT2D eigenvalue weighted by Crippen LogP contribution is 2.20. The van der Waals surface area contributed by atoms with Crippen LogP contribution in [0.1, 0.15) is 0 Å². The first-order chi connectivity index (χ1) is 8.09. The van der Waals surface area contributed by atoms with E-state index in [4.69, 9.17) is 0 Å². The van der Waals surface area contributed by atoms with Gasteiger partial charge in [0.2, 0.25) is 5.78 Å². The van der Waals surface area contributed by atoms with Crippen molar-refractivity contribution in [3.63, 3.8) is 0 Å². The SMILES string of the molecule is O=c1[nH]c2ncnn2c2c(F)c(F)c(F)cc12. The summed E-state index contributed by atoms with van der Waals surface area (Å²) in [5.74, 6) is -4.60. The third kappa shape index (κ3) is 1.17. The Morgan fingerprint density at radius 3 is 2.76 bits per heavy atom. The second-order valence-corrected chi connectivity index (χ2v) is 3.33. The van der Waals surface area contributed by atoms with Crippen molar-refractivity contribution in [2.75, 3.05) is 0 Å². The number of H-pyrrole nitrogens is 1. The number of hydrogen-bond acceptors (Lipinski definition) is 3. The first-order valence-corrected chi connectivity index (χ1v) is 4.49. The van der Waals surface area contributed by atoms with Crippen LogP contribution in [0.4, 0.5) is 13.2 Å². The summed E-state index contributed by atoms with van der Waals surface area (Å²) in [5.41, 5.74) is -1.21. The third-order valence-corrected chi connectivity index (χ3v) is 2.37. The molecular formula is C9H3F3N4O. The van der Waals surface area contributed by atoms with Crippen molar-refractivity contribution in [2.24, 2.45) is 0 Å². The molecule has 0 aliphatic rings. The monoisotopic (exact) mass is 240 g/mol. The number of rotatable bonds is 0. The highest BCUT2D eigenvalue weighted by molar-refractivity contribution is 5.80. The highest BCUT2D eigenvalue weighted by atomic mass is 19.2. The molecule has 2 aromatic heterocycles. The van der Waals surface area contributed by atoms with E-state index in [1.807, 2.05) is 0 Å². The van der Waals surface area contributed by atoms with Gasteiger partial charge >= 0.3 is 0 Å². The minimum absolute atomic E-state index is 0.0487. The van der Waals surface area contributed by atoms with Crippen molar-refractivity contribution < 1.29 is 13.2 Å². The van der Waals surface area contributed by atoms with E-state index >= 15 is 0 Å². The first kappa shape index (κ1) is 9.82. The molecule has 0 atom stereocenters. The van der Waals surface area contributed by atoms with Crippen LogP contribution in [0, 0.1) is 17.5 Å². The number of halogens is 3. The third-order valence-electron chi connectivity index (χ3n) is 2.37. The molecule has 3 aromatic rings. The van der Waals surface area contributed by atoms with Crippen molar-refractivity contribution in [1.29, 1.82) is 0 Å². The van der Waals surface area contributed by atoms with E-state index in [9.17, 15) is 18.0 Å². The van der Waals surface area contributed by atoms with Crippen molar-refractivity contribution in [3.05, 3.63) is 40.2 Å². The number of nitrogens with zero attached hydrogens (tertiary/aromatic N) is 3. The fourth-order valence-corrected chi connectivity index (χ4v) is 1.62. The lowest BCUT2D eigenvalue weighted by Gasteiger charge is -2.03. The van der Waals surface area contributed by atoms with E-state index in [1.54, 1.807) is 0 Å². The summed E-state index contributed by atoms with van der Waals surface area (Å²) in [6.45, 7) is 0. The Morgan fingerprint density at radius 2 is 2.00 bits per heavy atom. The molecule has 0 aliphatic heterocycles. The Balaban J connectivity index is 2.73. The summed E-state index contributed by atoms with van der Waals surface area (Å²) in [5, 5.41) is 3.29. The van der Waals surface area contributed by atoms with E-state index in [0.29, 0.717) is 6.07 Å². The van der Waals surface area contributed by atoms with E-state index in [1.165, 1.54) is 0 Å². The second-order valence-electron chi connectivity index (χ2n) is 3.33. The summed E-state index contributed by atoms with van der Waals surface area (Å²) in [6, 6.07) is 0.619. The van der Waals surface area contributed by atoms with Crippen LogP contribution >= 0.6 is 0 Å². The maximum atomic E-state index is 13.6. The number of nitrogens with one attached hydrogen (secondary N) is 1. The number of aromatic amines is 1. The summed E-state index contributed by atoms with van der Waals surface area (Å²) in [7, 11) is 0. The minimum atomic E-state index is -1.65. The Labute approximate surface area is 90.5 Å². The minimum Gasteiger partial charge on any atom is -0.290 e. The van der Waals surface area contributed by atoms with Gasteiger partial charge in [-0.1, -0.05) is 0 Å². The maximum absolute atomic E-state index is 13.6.